The molecule has 106 valence electrons. The van der Waals surface area contributed by atoms with Gasteiger partial charge in [0, 0.05) is 10.5 Å². The average Bonchev–Trinajstić information content (AvgIpc) is 2.38. The molecule has 0 saturated carbocycles. The van der Waals surface area contributed by atoms with Gasteiger partial charge in [0.2, 0.25) is 5.91 Å². The van der Waals surface area contributed by atoms with Crippen molar-refractivity contribution in [1.29, 1.82) is 0 Å². The van der Waals surface area contributed by atoms with E-state index in [2.05, 4.69) is 0 Å². The normalized spacial score (nSPS) is 19.4. The van der Waals surface area contributed by atoms with Crippen molar-refractivity contribution in [2.24, 2.45) is 0 Å². The second kappa shape index (κ2) is 5.28. The summed E-state index contributed by atoms with van der Waals surface area (Å²) in [6.07, 6.45) is 0. The number of carbonyl (C=O) groups is 3. The van der Waals surface area contributed by atoms with E-state index in [9.17, 15) is 14.4 Å². The zero-order chi connectivity index (χ0) is 15.0. The lowest BCUT2D eigenvalue weighted by molar-refractivity contribution is -0.139. The summed E-state index contributed by atoms with van der Waals surface area (Å²) in [6, 6.07) is 4.04. The minimum atomic E-state index is -1.06. The van der Waals surface area contributed by atoms with E-state index >= 15 is 0 Å². The molecule has 1 aliphatic heterocycles. The predicted octanol–water partition coefficient (Wildman–Crippen LogP) is 2.19. The monoisotopic (exact) mass is 293 g/mol. The first-order valence-electron chi connectivity index (χ1n) is 6.20. The molecule has 1 aromatic rings. The molecule has 1 heterocycles. The van der Waals surface area contributed by atoms with Crippen LogP contribution in [0.15, 0.2) is 23.1 Å². The number of thioether (sulfide) groups is 1. The van der Waals surface area contributed by atoms with Crippen molar-refractivity contribution in [2.45, 2.75) is 37.0 Å². The minimum Gasteiger partial charge on any atom is -0.480 e. The van der Waals surface area contributed by atoms with Gasteiger partial charge in [-0.25, -0.2) is 4.79 Å². The van der Waals surface area contributed by atoms with Gasteiger partial charge >= 0.3 is 5.97 Å². The molecule has 2 atom stereocenters. The van der Waals surface area contributed by atoms with Gasteiger partial charge in [0.05, 0.1) is 10.9 Å². The van der Waals surface area contributed by atoms with Crippen molar-refractivity contribution < 1.29 is 19.5 Å². The third kappa shape index (κ3) is 2.43. The number of Topliss-reactive ketones (excluding diaryl/α,β-unsaturated/α-hetero) is 1. The second-order valence-electron chi connectivity index (χ2n) is 4.72. The Bertz CT molecular complexity index is 599. The van der Waals surface area contributed by atoms with Crippen LogP contribution < -0.4 is 4.90 Å². The summed E-state index contributed by atoms with van der Waals surface area (Å²) >= 11 is 1.35. The number of ketones is 1. The Labute approximate surface area is 121 Å². The number of carboxylic acid groups (broad SMARTS) is 1. The molecule has 1 aliphatic rings. The topological polar surface area (TPSA) is 74.7 Å². The first-order chi connectivity index (χ1) is 9.32. The number of nitrogens with zero attached hydrogens (tertiary/aromatic N) is 1. The Morgan fingerprint density at radius 2 is 2.05 bits per heavy atom. The van der Waals surface area contributed by atoms with Gasteiger partial charge in [-0.15, -0.1) is 11.8 Å². The zero-order valence-corrected chi connectivity index (χ0v) is 12.2. The average molecular weight is 293 g/mol. The molecular formula is C14H15NO4S. The number of aliphatic carboxylic acids is 1. The standard InChI is InChI=1S/C14H15NO4S/c1-7(14(18)19)15-11-5-4-10(8(2)16)6-12(11)20-9(3)13(15)17/h4-7,9H,1-3H3,(H,18,19). The molecule has 1 amide bonds. The second-order valence-corrected chi connectivity index (χ2v) is 6.10. The Balaban J connectivity index is 2.53. The smallest absolute Gasteiger partial charge is 0.326 e. The van der Waals surface area contributed by atoms with Crippen molar-refractivity contribution in [1.82, 2.24) is 0 Å². The minimum absolute atomic E-state index is 0.0595. The third-order valence-electron chi connectivity index (χ3n) is 3.26. The number of carbonyl (C=O) groups excluding carboxylic acids is 2. The van der Waals surface area contributed by atoms with Crippen LogP contribution in [0.2, 0.25) is 0 Å². The molecule has 5 nitrogen and oxygen atoms in total. The van der Waals surface area contributed by atoms with Crippen LogP contribution in [0.5, 0.6) is 0 Å². The molecule has 0 bridgehead atoms. The molecule has 0 fully saturated rings. The van der Waals surface area contributed by atoms with Crippen LogP contribution in [0.25, 0.3) is 0 Å². The predicted molar refractivity (Wildman–Crippen MR) is 76.3 cm³/mol. The number of carboxylic acids is 1. The Morgan fingerprint density at radius 1 is 1.40 bits per heavy atom. The van der Waals surface area contributed by atoms with Crippen LogP contribution in [0, 0.1) is 0 Å². The van der Waals surface area contributed by atoms with Crippen LogP contribution >= 0.6 is 11.8 Å². The first-order valence-corrected chi connectivity index (χ1v) is 7.08. The van der Waals surface area contributed by atoms with E-state index in [4.69, 9.17) is 5.11 Å². The lowest BCUT2D eigenvalue weighted by atomic mass is 10.1. The van der Waals surface area contributed by atoms with Gasteiger partial charge in [0.25, 0.3) is 0 Å². The van der Waals surface area contributed by atoms with Gasteiger partial charge in [-0.05, 0) is 39.0 Å². The number of anilines is 1. The summed E-state index contributed by atoms with van der Waals surface area (Å²) < 4.78 is 0. The lowest BCUT2D eigenvalue weighted by Gasteiger charge is -2.35. The summed E-state index contributed by atoms with van der Waals surface area (Å²) in [5.41, 5.74) is 1.11. The third-order valence-corrected chi connectivity index (χ3v) is 4.40. The number of amides is 1. The fourth-order valence-electron chi connectivity index (χ4n) is 2.09. The van der Waals surface area contributed by atoms with Gasteiger partial charge in [0.15, 0.2) is 5.78 Å². The van der Waals surface area contributed by atoms with Crippen molar-refractivity contribution in [2.75, 3.05) is 4.90 Å². The maximum absolute atomic E-state index is 12.2. The highest BCUT2D eigenvalue weighted by Gasteiger charge is 2.36. The highest BCUT2D eigenvalue weighted by molar-refractivity contribution is 8.01. The molecule has 1 aromatic carbocycles. The fraction of sp³-hybridized carbons (Fsp3) is 0.357. The van der Waals surface area contributed by atoms with Crippen molar-refractivity contribution in [3.63, 3.8) is 0 Å². The van der Waals surface area contributed by atoms with Gasteiger partial charge in [-0.3, -0.25) is 14.5 Å². The molecule has 0 saturated heterocycles. The summed E-state index contributed by atoms with van der Waals surface area (Å²) in [4.78, 5) is 36.9. The molecular weight excluding hydrogens is 278 g/mol. The molecule has 0 radical (unpaired) electrons. The van der Waals surface area contributed by atoms with Crippen molar-refractivity contribution in [3.8, 4) is 0 Å². The van der Waals surface area contributed by atoms with Gasteiger partial charge < -0.3 is 5.11 Å². The van der Waals surface area contributed by atoms with Crippen LogP contribution in [0.3, 0.4) is 0 Å². The molecule has 1 N–H and O–H groups in total. The van der Waals surface area contributed by atoms with E-state index in [0.717, 1.165) is 4.90 Å². The number of fused-ring (bicyclic) bond motifs is 1. The molecule has 20 heavy (non-hydrogen) atoms. The summed E-state index contributed by atoms with van der Waals surface area (Å²) in [5.74, 6) is -1.34. The van der Waals surface area contributed by atoms with Crippen LogP contribution in [0.4, 0.5) is 5.69 Å². The van der Waals surface area contributed by atoms with E-state index in [-0.39, 0.29) is 16.9 Å². The van der Waals surface area contributed by atoms with Crippen LogP contribution in [-0.2, 0) is 9.59 Å². The first kappa shape index (κ1) is 14.6. The van der Waals surface area contributed by atoms with Gasteiger partial charge in [-0.1, -0.05) is 0 Å². The van der Waals surface area contributed by atoms with Crippen molar-refractivity contribution >= 4 is 35.1 Å². The molecule has 2 rings (SSSR count). The number of benzene rings is 1. The SMILES string of the molecule is CC(=O)c1ccc2c(c1)SC(C)C(=O)N2C(C)C(=O)O. The number of rotatable bonds is 3. The van der Waals surface area contributed by atoms with Crippen LogP contribution in [-0.4, -0.2) is 34.1 Å². The largest absolute Gasteiger partial charge is 0.480 e. The molecule has 0 aromatic heterocycles. The zero-order valence-electron chi connectivity index (χ0n) is 11.4. The Kier molecular flexibility index (Phi) is 3.85. The van der Waals surface area contributed by atoms with E-state index in [1.807, 2.05) is 0 Å². The van der Waals surface area contributed by atoms with E-state index in [1.165, 1.54) is 30.5 Å². The highest BCUT2D eigenvalue weighted by atomic mass is 32.2. The van der Waals surface area contributed by atoms with Gasteiger partial charge in [-0.2, -0.15) is 0 Å². The fourth-order valence-corrected chi connectivity index (χ4v) is 3.17. The maximum atomic E-state index is 12.2. The maximum Gasteiger partial charge on any atom is 0.326 e. The highest BCUT2D eigenvalue weighted by Crippen LogP contribution is 2.40. The molecule has 0 aliphatic carbocycles. The van der Waals surface area contributed by atoms with Crippen molar-refractivity contribution in [3.05, 3.63) is 23.8 Å². The quantitative estimate of drug-likeness (QED) is 0.865. The molecule has 0 spiro atoms. The van der Waals surface area contributed by atoms with Crippen LogP contribution in [0.1, 0.15) is 31.1 Å². The Morgan fingerprint density at radius 3 is 2.60 bits per heavy atom. The summed E-state index contributed by atoms with van der Waals surface area (Å²) in [6.45, 7) is 4.69. The molecule has 6 heteroatoms. The van der Waals surface area contributed by atoms with E-state index in [0.29, 0.717) is 11.3 Å². The summed E-state index contributed by atoms with van der Waals surface area (Å²) in [5, 5.41) is 8.78. The summed E-state index contributed by atoms with van der Waals surface area (Å²) in [7, 11) is 0. The Hall–Kier alpha value is -1.82. The lowest BCUT2D eigenvalue weighted by Crippen LogP contribution is -2.48. The molecule has 2 unspecified atom stereocenters. The number of hydrogen-bond donors (Lipinski definition) is 1. The van der Waals surface area contributed by atoms with E-state index in [1.54, 1.807) is 25.1 Å². The van der Waals surface area contributed by atoms with Gasteiger partial charge in [0.1, 0.15) is 6.04 Å². The number of hydrogen-bond acceptors (Lipinski definition) is 4. The van der Waals surface area contributed by atoms with E-state index < -0.39 is 12.0 Å².